The van der Waals surface area contributed by atoms with Crippen LogP contribution in [0.4, 0.5) is 17.1 Å². The first-order chi connectivity index (χ1) is 11.4. The Balaban J connectivity index is 2.23. The lowest BCUT2D eigenvalue weighted by Crippen LogP contribution is -2.06. The summed E-state index contributed by atoms with van der Waals surface area (Å²) in [6, 6.07) is 9.83. The number of nitrogens with one attached hydrogen (secondary N) is 1. The van der Waals surface area contributed by atoms with E-state index in [2.05, 4.69) is 10.1 Å². The quantitative estimate of drug-likeness (QED) is 0.490. The molecule has 24 heavy (non-hydrogen) atoms. The summed E-state index contributed by atoms with van der Waals surface area (Å²) >= 11 is 0. The van der Waals surface area contributed by atoms with E-state index in [9.17, 15) is 25.0 Å². The summed E-state index contributed by atoms with van der Waals surface area (Å²) in [5.74, 6) is -0.677. The van der Waals surface area contributed by atoms with E-state index in [4.69, 9.17) is 0 Å². The summed E-state index contributed by atoms with van der Waals surface area (Å²) in [6.45, 7) is 0.153. The highest BCUT2D eigenvalue weighted by atomic mass is 16.6. The molecule has 0 saturated carbocycles. The molecule has 2 aromatic rings. The maximum atomic E-state index is 11.5. The van der Waals surface area contributed by atoms with Gasteiger partial charge in [-0.3, -0.25) is 20.2 Å². The van der Waals surface area contributed by atoms with Crippen molar-refractivity contribution in [3.05, 3.63) is 73.8 Å². The van der Waals surface area contributed by atoms with Gasteiger partial charge in [-0.1, -0.05) is 12.1 Å². The molecule has 2 aromatic carbocycles. The lowest BCUT2D eigenvalue weighted by molar-refractivity contribution is -0.384. The number of esters is 1. The molecule has 0 amide bonds. The van der Waals surface area contributed by atoms with E-state index in [-0.39, 0.29) is 29.2 Å². The first kappa shape index (κ1) is 16.9. The minimum Gasteiger partial charge on any atom is -0.465 e. The summed E-state index contributed by atoms with van der Waals surface area (Å²) in [6.07, 6.45) is 0. The molecule has 0 unspecified atom stereocenters. The molecule has 0 aliphatic carbocycles. The normalized spacial score (nSPS) is 10.0. The van der Waals surface area contributed by atoms with E-state index in [0.29, 0.717) is 5.56 Å². The molecule has 0 aliphatic heterocycles. The third-order valence-electron chi connectivity index (χ3n) is 3.22. The molecule has 9 heteroatoms. The van der Waals surface area contributed by atoms with Crippen LogP contribution in [0.1, 0.15) is 15.9 Å². The fourth-order valence-corrected chi connectivity index (χ4v) is 2.05. The number of carbonyl (C=O) groups excluding carboxylic acids is 1. The Labute approximate surface area is 136 Å². The number of nitrogens with zero attached hydrogens (tertiary/aromatic N) is 2. The molecule has 0 radical (unpaired) electrons. The molecule has 0 spiro atoms. The first-order valence-corrected chi connectivity index (χ1v) is 6.76. The zero-order valence-electron chi connectivity index (χ0n) is 12.6. The molecular weight excluding hydrogens is 318 g/mol. The fraction of sp³-hybridized carbons (Fsp3) is 0.133. The molecule has 0 aliphatic rings. The van der Waals surface area contributed by atoms with E-state index in [0.717, 1.165) is 6.07 Å². The molecule has 0 bridgehead atoms. The molecule has 1 N–H and O–H groups in total. The lowest BCUT2D eigenvalue weighted by atomic mass is 10.1. The van der Waals surface area contributed by atoms with Crippen LogP contribution in [-0.4, -0.2) is 22.9 Å². The Morgan fingerprint density at radius 2 is 1.88 bits per heavy atom. The highest BCUT2D eigenvalue weighted by Crippen LogP contribution is 2.26. The van der Waals surface area contributed by atoms with Gasteiger partial charge in [-0.2, -0.15) is 0 Å². The van der Waals surface area contributed by atoms with Crippen LogP contribution in [0.5, 0.6) is 0 Å². The Bertz CT molecular complexity index is 806. The number of hydrogen-bond acceptors (Lipinski definition) is 7. The number of non-ortho nitro benzene ring substituents is 1. The highest BCUT2D eigenvalue weighted by Gasteiger charge is 2.18. The molecular formula is C15H13N3O6. The predicted molar refractivity (Wildman–Crippen MR) is 84.9 cm³/mol. The summed E-state index contributed by atoms with van der Waals surface area (Å²) in [4.78, 5) is 32.2. The van der Waals surface area contributed by atoms with Crippen molar-refractivity contribution in [2.24, 2.45) is 0 Å². The minimum atomic E-state index is -0.677. The fourth-order valence-electron chi connectivity index (χ4n) is 2.05. The third-order valence-corrected chi connectivity index (χ3v) is 3.22. The smallest absolute Gasteiger partial charge is 0.338 e. The average Bonchev–Trinajstić information content (AvgIpc) is 2.59. The number of methoxy groups -OCH3 is 1. The van der Waals surface area contributed by atoms with Gasteiger partial charge >= 0.3 is 5.97 Å². The predicted octanol–water partition coefficient (Wildman–Crippen LogP) is 2.90. The maximum Gasteiger partial charge on any atom is 0.338 e. The highest BCUT2D eigenvalue weighted by molar-refractivity contribution is 5.91. The van der Waals surface area contributed by atoms with Crippen LogP contribution in [0.15, 0.2) is 42.5 Å². The van der Waals surface area contributed by atoms with Gasteiger partial charge in [0, 0.05) is 24.7 Å². The van der Waals surface area contributed by atoms with Gasteiger partial charge in [0.1, 0.15) is 5.69 Å². The summed E-state index contributed by atoms with van der Waals surface area (Å²) in [5, 5.41) is 24.8. The van der Waals surface area contributed by atoms with Crippen molar-refractivity contribution >= 4 is 23.0 Å². The van der Waals surface area contributed by atoms with Crippen LogP contribution in [0, 0.1) is 20.2 Å². The number of hydrogen-bond donors (Lipinski definition) is 1. The Morgan fingerprint density at radius 1 is 1.12 bits per heavy atom. The van der Waals surface area contributed by atoms with Gasteiger partial charge in [0.05, 0.1) is 22.5 Å². The van der Waals surface area contributed by atoms with Gasteiger partial charge in [0.25, 0.3) is 11.4 Å². The van der Waals surface area contributed by atoms with Crippen LogP contribution in [0.25, 0.3) is 0 Å². The number of carbonyl (C=O) groups is 1. The number of benzene rings is 2. The maximum absolute atomic E-state index is 11.5. The number of anilines is 1. The summed E-state index contributed by atoms with van der Waals surface area (Å²) in [7, 11) is 1.18. The van der Waals surface area contributed by atoms with Crippen molar-refractivity contribution in [2.75, 3.05) is 12.4 Å². The second-order valence-corrected chi connectivity index (χ2v) is 4.76. The van der Waals surface area contributed by atoms with Crippen LogP contribution in [0.2, 0.25) is 0 Å². The van der Waals surface area contributed by atoms with Crippen LogP contribution >= 0.6 is 0 Å². The van der Waals surface area contributed by atoms with E-state index in [1.807, 2.05) is 0 Å². The van der Waals surface area contributed by atoms with Gasteiger partial charge in [-0.15, -0.1) is 0 Å². The second-order valence-electron chi connectivity index (χ2n) is 4.76. The SMILES string of the molecule is COC(=O)c1ccc(NCc2cccc([N+](=O)[O-])c2)c([N+](=O)[O-])c1. The molecule has 0 aromatic heterocycles. The zero-order chi connectivity index (χ0) is 17.7. The van der Waals surface area contributed by atoms with Crippen molar-refractivity contribution in [2.45, 2.75) is 6.54 Å². The second kappa shape index (κ2) is 7.18. The summed E-state index contributed by atoms with van der Waals surface area (Å²) < 4.78 is 4.53. The number of ether oxygens (including phenoxy) is 1. The van der Waals surface area contributed by atoms with Crippen molar-refractivity contribution in [3.8, 4) is 0 Å². The lowest BCUT2D eigenvalue weighted by Gasteiger charge is -2.08. The molecule has 0 saturated heterocycles. The molecule has 2 rings (SSSR count). The minimum absolute atomic E-state index is 0.0603. The van der Waals surface area contributed by atoms with E-state index >= 15 is 0 Å². The zero-order valence-corrected chi connectivity index (χ0v) is 12.6. The van der Waals surface area contributed by atoms with Crippen molar-refractivity contribution < 1.29 is 19.4 Å². The van der Waals surface area contributed by atoms with Crippen molar-refractivity contribution in [1.29, 1.82) is 0 Å². The van der Waals surface area contributed by atoms with E-state index < -0.39 is 15.8 Å². The van der Waals surface area contributed by atoms with E-state index in [1.54, 1.807) is 6.07 Å². The number of nitro benzene ring substituents is 2. The van der Waals surface area contributed by atoms with Gasteiger partial charge in [-0.05, 0) is 17.7 Å². The average molecular weight is 331 g/mol. The van der Waals surface area contributed by atoms with Gasteiger partial charge < -0.3 is 10.1 Å². The van der Waals surface area contributed by atoms with E-state index in [1.165, 1.54) is 37.4 Å². The monoisotopic (exact) mass is 331 g/mol. The number of rotatable bonds is 6. The molecule has 0 fully saturated rings. The molecule has 0 atom stereocenters. The van der Waals surface area contributed by atoms with Gasteiger partial charge in [-0.25, -0.2) is 4.79 Å². The number of nitro groups is 2. The standard InChI is InChI=1S/C15H13N3O6/c1-24-15(19)11-5-6-13(14(8-11)18(22)23)16-9-10-3-2-4-12(7-10)17(20)21/h2-8,16H,9H2,1H3. The van der Waals surface area contributed by atoms with Crippen LogP contribution < -0.4 is 5.32 Å². The Hall–Kier alpha value is -3.49. The van der Waals surface area contributed by atoms with Gasteiger partial charge in [0.15, 0.2) is 0 Å². The third kappa shape index (κ3) is 3.83. The van der Waals surface area contributed by atoms with Crippen LogP contribution in [-0.2, 0) is 11.3 Å². The van der Waals surface area contributed by atoms with Crippen LogP contribution in [0.3, 0.4) is 0 Å². The van der Waals surface area contributed by atoms with Gasteiger partial charge in [0.2, 0.25) is 0 Å². The largest absolute Gasteiger partial charge is 0.465 e. The van der Waals surface area contributed by atoms with Crippen molar-refractivity contribution in [3.63, 3.8) is 0 Å². The Morgan fingerprint density at radius 3 is 2.50 bits per heavy atom. The Kier molecular flexibility index (Phi) is 5.05. The molecule has 0 heterocycles. The molecule has 9 nitrogen and oxygen atoms in total. The summed E-state index contributed by atoms with van der Waals surface area (Å²) in [5.41, 5.74) is 0.493. The first-order valence-electron chi connectivity index (χ1n) is 6.76. The topological polar surface area (TPSA) is 125 Å². The molecule has 124 valence electrons. The van der Waals surface area contributed by atoms with Crippen molar-refractivity contribution in [1.82, 2.24) is 0 Å².